The summed E-state index contributed by atoms with van der Waals surface area (Å²) in [6.45, 7) is -0.222. The van der Waals surface area contributed by atoms with Crippen LogP contribution in [0.15, 0.2) is 24.4 Å². The minimum atomic E-state index is -0.969. The van der Waals surface area contributed by atoms with Gasteiger partial charge in [0.15, 0.2) is 11.5 Å². The molecule has 0 atom stereocenters. The molecule has 1 aromatic carbocycles. The standard InChI is InChI=1S/C12H13N3O4/c1-18-10-4-3-8(5-11(10)19-2)9-6-15(14-13-9)7-12(16)17/h3-6H,7H2,1-2H3,(H,16,17). The SMILES string of the molecule is COc1ccc(-c2cn(CC(=O)O)nn2)cc1OC. The van der Waals surface area contributed by atoms with Crippen LogP contribution >= 0.6 is 0 Å². The van der Waals surface area contributed by atoms with E-state index in [-0.39, 0.29) is 6.54 Å². The molecule has 2 rings (SSSR count). The zero-order chi connectivity index (χ0) is 13.8. The molecule has 0 bridgehead atoms. The van der Waals surface area contributed by atoms with Gasteiger partial charge in [0.2, 0.25) is 0 Å². The lowest BCUT2D eigenvalue weighted by atomic mass is 10.1. The van der Waals surface area contributed by atoms with E-state index in [1.54, 1.807) is 38.6 Å². The third kappa shape index (κ3) is 2.82. The summed E-state index contributed by atoms with van der Waals surface area (Å²) in [5.74, 6) is 0.223. The van der Waals surface area contributed by atoms with Gasteiger partial charge in [0.25, 0.3) is 0 Å². The van der Waals surface area contributed by atoms with Gasteiger partial charge in [0.1, 0.15) is 12.2 Å². The van der Waals surface area contributed by atoms with E-state index in [9.17, 15) is 4.79 Å². The maximum absolute atomic E-state index is 10.6. The predicted molar refractivity (Wildman–Crippen MR) is 66.2 cm³/mol. The Kier molecular flexibility index (Phi) is 3.65. The molecule has 19 heavy (non-hydrogen) atoms. The van der Waals surface area contributed by atoms with Gasteiger partial charge in [0, 0.05) is 5.56 Å². The fourth-order valence-corrected chi connectivity index (χ4v) is 1.64. The molecule has 0 fully saturated rings. The van der Waals surface area contributed by atoms with E-state index in [0.29, 0.717) is 17.2 Å². The van der Waals surface area contributed by atoms with Gasteiger partial charge < -0.3 is 14.6 Å². The van der Waals surface area contributed by atoms with Crippen molar-refractivity contribution >= 4 is 5.97 Å². The van der Waals surface area contributed by atoms with Gasteiger partial charge >= 0.3 is 5.97 Å². The van der Waals surface area contributed by atoms with Gasteiger partial charge in [-0.3, -0.25) is 4.79 Å². The second kappa shape index (κ2) is 5.38. The van der Waals surface area contributed by atoms with Crippen LogP contribution in [-0.2, 0) is 11.3 Å². The van der Waals surface area contributed by atoms with Gasteiger partial charge in [-0.05, 0) is 18.2 Å². The molecule has 1 aromatic heterocycles. The third-order valence-corrected chi connectivity index (χ3v) is 2.52. The van der Waals surface area contributed by atoms with Crippen LogP contribution in [0.5, 0.6) is 11.5 Å². The monoisotopic (exact) mass is 263 g/mol. The van der Waals surface area contributed by atoms with E-state index in [4.69, 9.17) is 14.6 Å². The average molecular weight is 263 g/mol. The van der Waals surface area contributed by atoms with E-state index in [1.807, 2.05) is 0 Å². The number of methoxy groups -OCH3 is 2. The van der Waals surface area contributed by atoms with Crippen molar-refractivity contribution in [3.63, 3.8) is 0 Å². The smallest absolute Gasteiger partial charge is 0.325 e. The molecule has 0 aliphatic carbocycles. The molecular formula is C12H13N3O4. The highest BCUT2D eigenvalue weighted by Gasteiger charge is 2.10. The molecule has 1 N–H and O–H groups in total. The topological polar surface area (TPSA) is 86.5 Å². The highest BCUT2D eigenvalue weighted by Crippen LogP contribution is 2.31. The van der Waals surface area contributed by atoms with Crippen molar-refractivity contribution in [2.24, 2.45) is 0 Å². The van der Waals surface area contributed by atoms with E-state index in [2.05, 4.69) is 10.3 Å². The van der Waals surface area contributed by atoms with Gasteiger partial charge in [0.05, 0.1) is 20.4 Å². The van der Waals surface area contributed by atoms with Crippen molar-refractivity contribution < 1.29 is 19.4 Å². The Morgan fingerprint density at radius 2 is 2.05 bits per heavy atom. The Hall–Kier alpha value is -2.57. The Labute approximate surface area is 109 Å². The fraction of sp³-hybridized carbons (Fsp3) is 0.250. The number of hydrogen-bond donors (Lipinski definition) is 1. The van der Waals surface area contributed by atoms with Gasteiger partial charge in [-0.15, -0.1) is 5.10 Å². The normalized spacial score (nSPS) is 10.2. The highest BCUT2D eigenvalue weighted by atomic mass is 16.5. The van der Waals surface area contributed by atoms with Gasteiger partial charge in [-0.25, -0.2) is 4.68 Å². The second-order valence-electron chi connectivity index (χ2n) is 3.76. The van der Waals surface area contributed by atoms with Crippen LogP contribution in [0.1, 0.15) is 0 Å². The molecular weight excluding hydrogens is 250 g/mol. The zero-order valence-corrected chi connectivity index (χ0v) is 10.5. The first kappa shape index (κ1) is 12.9. The molecule has 0 aliphatic heterocycles. The summed E-state index contributed by atoms with van der Waals surface area (Å²) >= 11 is 0. The summed E-state index contributed by atoms with van der Waals surface area (Å²) < 4.78 is 11.6. The molecule has 0 saturated carbocycles. The van der Waals surface area contributed by atoms with Crippen molar-refractivity contribution in [1.82, 2.24) is 15.0 Å². The van der Waals surface area contributed by atoms with Crippen LogP contribution < -0.4 is 9.47 Å². The Morgan fingerprint density at radius 1 is 1.32 bits per heavy atom. The first-order chi connectivity index (χ1) is 9.13. The summed E-state index contributed by atoms with van der Waals surface area (Å²) in [7, 11) is 3.10. The Bertz CT molecular complexity index is 594. The van der Waals surface area contributed by atoms with Crippen molar-refractivity contribution in [3.8, 4) is 22.8 Å². The fourth-order valence-electron chi connectivity index (χ4n) is 1.64. The van der Waals surface area contributed by atoms with Crippen molar-refractivity contribution in [3.05, 3.63) is 24.4 Å². The number of carboxylic acid groups (broad SMARTS) is 1. The molecule has 0 amide bonds. The summed E-state index contributed by atoms with van der Waals surface area (Å²) in [5.41, 5.74) is 1.34. The average Bonchev–Trinajstić information content (AvgIpc) is 2.85. The molecule has 0 aliphatic rings. The molecule has 100 valence electrons. The molecule has 0 radical (unpaired) electrons. The lowest BCUT2D eigenvalue weighted by molar-refractivity contribution is -0.137. The molecule has 0 saturated heterocycles. The van der Waals surface area contributed by atoms with E-state index in [1.165, 1.54) is 4.68 Å². The molecule has 7 nitrogen and oxygen atoms in total. The Morgan fingerprint density at radius 3 is 2.68 bits per heavy atom. The van der Waals surface area contributed by atoms with Crippen LogP contribution in [0.2, 0.25) is 0 Å². The summed E-state index contributed by atoms with van der Waals surface area (Å²) in [6.07, 6.45) is 1.56. The highest BCUT2D eigenvalue weighted by molar-refractivity contribution is 5.67. The quantitative estimate of drug-likeness (QED) is 0.867. The summed E-state index contributed by atoms with van der Waals surface area (Å²) in [6, 6.07) is 5.31. The number of aliphatic carboxylic acids is 1. The minimum absolute atomic E-state index is 0.222. The zero-order valence-electron chi connectivity index (χ0n) is 10.5. The van der Waals surface area contributed by atoms with Gasteiger partial charge in [-0.2, -0.15) is 0 Å². The molecule has 7 heteroatoms. The molecule has 1 heterocycles. The first-order valence-electron chi connectivity index (χ1n) is 5.48. The second-order valence-corrected chi connectivity index (χ2v) is 3.76. The number of benzene rings is 1. The van der Waals surface area contributed by atoms with Crippen LogP contribution in [0.4, 0.5) is 0 Å². The lowest BCUT2D eigenvalue weighted by Crippen LogP contribution is -2.08. The first-order valence-corrected chi connectivity index (χ1v) is 5.48. The van der Waals surface area contributed by atoms with Crippen LogP contribution in [0.3, 0.4) is 0 Å². The van der Waals surface area contributed by atoms with E-state index < -0.39 is 5.97 Å². The summed E-state index contributed by atoms with van der Waals surface area (Å²) in [5, 5.41) is 16.3. The maximum Gasteiger partial charge on any atom is 0.325 e. The lowest BCUT2D eigenvalue weighted by Gasteiger charge is -2.07. The van der Waals surface area contributed by atoms with E-state index >= 15 is 0 Å². The predicted octanol–water partition coefficient (Wildman–Crippen LogP) is 1.05. The van der Waals surface area contributed by atoms with Crippen molar-refractivity contribution in [2.45, 2.75) is 6.54 Å². The molecule has 0 unspecified atom stereocenters. The summed E-state index contributed by atoms with van der Waals surface area (Å²) in [4.78, 5) is 10.6. The van der Waals surface area contributed by atoms with Crippen LogP contribution in [-0.4, -0.2) is 40.3 Å². The van der Waals surface area contributed by atoms with Crippen molar-refractivity contribution in [1.29, 1.82) is 0 Å². The third-order valence-electron chi connectivity index (χ3n) is 2.52. The molecule has 2 aromatic rings. The van der Waals surface area contributed by atoms with Crippen LogP contribution in [0.25, 0.3) is 11.3 Å². The minimum Gasteiger partial charge on any atom is -0.493 e. The number of carboxylic acids is 1. The number of nitrogens with zero attached hydrogens (tertiary/aromatic N) is 3. The number of ether oxygens (including phenoxy) is 2. The molecule has 0 spiro atoms. The maximum atomic E-state index is 10.6. The number of hydrogen-bond acceptors (Lipinski definition) is 5. The van der Waals surface area contributed by atoms with Crippen LogP contribution in [0, 0.1) is 0 Å². The number of carbonyl (C=O) groups is 1. The van der Waals surface area contributed by atoms with E-state index in [0.717, 1.165) is 5.56 Å². The largest absolute Gasteiger partial charge is 0.493 e. The van der Waals surface area contributed by atoms with Gasteiger partial charge in [-0.1, -0.05) is 5.21 Å². The number of aromatic nitrogens is 3. The Balaban J connectivity index is 2.31. The van der Waals surface area contributed by atoms with Crippen molar-refractivity contribution in [2.75, 3.05) is 14.2 Å². The number of rotatable bonds is 5.